The third kappa shape index (κ3) is 6.35. The highest BCUT2D eigenvalue weighted by Crippen LogP contribution is 2.29. The third-order valence-electron chi connectivity index (χ3n) is 5.40. The standard InChI is InChI=1S/C27H30N2O4/c1-19(22-9-6-5-7-10-22)17-29(18-21-13-14-25(32-3)26(15-21)33-4)27(31)23-11-8-12-24(16-23)28-20(2)30/h5-16,19H,17-18H2,1-4H3,(H,28,30). The number of amides is 2. The van der Waals surface area contributed by atoms with E-state index in [2.05, 4.69) is 24.4 Å². The van der Waals surface area contributed by atoms with Crippen LogP contribution in [0.5, 0.6) is 11.5 Å². The van der Waals surface area contributed by atoms with Crippen molar-refractivity contribution in [2.75, 3.05) is 26.1 Å². The lowest BCUT2D eigenvalue weighted by Gasteiger charge is -2.27. The molecule has 0 aliphatic carbocycles. The summed E-state index contributed by atoms with van der Waals surface area (Å²) in [5, 5.41) is 2.74. The van der Waals surface area contributed by atoms with Crippen molar-refractivity contribution in [1.29, 1.82) is 0 Å². The molecule has 33 heavy (non-hydrogen) atoms. The summed E-state index contributed by atoms with van der Waals surface area (Å²) in [5.74, 6) is 1.10. The van der Waals surface area contributed by atoms with Crippen LogP contribution in [0.25, 0.3) is 0 Å². The van der Waals surface area contributed by atoms with E-state index in [1.807, 2.05) is 41.3 Å². The second-order valence-electron chi connectivity index (χ2n) is 7.95. The Morgan fingerprint density at radius 1 is 0.909 bits per heavy atom. The summed E-state index contributed by atoms with van der Waals surface area (Å²) < 4.78 is 10.8. The van der Waals surface area contributed by atoms with Gasteiger partial charge >= 0.3 is 0 Å². The minimum atomic E-state index is -0.181. The van der Waals surface area contributed by atoms with Gasteiger partial charge in [-0.15, -0.1) is 0 Å². The molecular weight excluding hydrogens is 416 g/mol. The van der Waals surface area contributed by atoms with E-state index in [0.29, 0.717) is 35.8 Å². The summed E-state index contributed by atoms with van der Waals surface area (Å²) in [6.45, 7) is 4.49. The van der Waals surface area contributed by atoms with Crippen molar-refractivity contribution in [3.63, 3.8) is 0 Å². The molecule has 0 saturated heterocycles. The van der Waals surface area contributed by atoms with Gasteiger partial charge < -0.3 is 19.7 Å². The fourth-order valence-corrected chi connectivity index (χ4v) is 3.75. The van der Waals surface area contributed by atoms with Gasteiger partial charge in [-0.3, -0.25) is 9.59 Å². The molecule has 172 valence electrons. The van der Waals surface area contributed by atoms with E-state index in [9.17, 15) is 9.59 Å². The van der Waals surface area contributed by atoms with Crippen LogP contribution in [-0.4, -0.2) is 37.5 Å². The largest absolute Gasteiger partial charge is 0.493 e. The fourth-order valence-electron chi connectivity index (χ4n) is 3.75. The summed E-state index contributed by atoms with van der Waals surface area (Å²) in [5.41, 5.74) is 3.20. The Morgan fingerprint density at radius 2 is 1.64 bits per heavy atom. The topological polar surface area (TPSA) is 67.9 Å². The zero-order chi connectivity index (χ0) is 23.8. The average molecular weight is 447 g/mol. The van der Waals surface area contributed by atoms with Gasteiger partial charge in [-0.05, 0) is 47.4 Å². The molecule has 6 nitrogen and oxygen atoms in total. The third-order valence-corrected chi connectivity index (χ3v) is 5.40. The van der Waals surface area contributed by atoms with Gasteiger partial charge in [0.1, 0.15) is 0 Å². The van der Waals surface area contributed by atoms with Crippen molar-refractivity contribution in [2.24, 2.45) is 0 Å². The number of anilines is 1. The molecule has 3 aromatic carbocycles. The highest BCUT2D eigenvalue weighted by molar-refractivity contribution is 5.96. The van der Waals surface area contributed by atoms with E-state index < -0.39 is 0 Å². The van der Waals surface area contributed by atoms with E-state index in [4.69, 9.17) is 9.47 Å². The Kier molecular flexibility index (Phi) is 8.08. The molecule has 0 radical (unpaired) electrons. The van der Waals surface area contributed by atoms with Gasteiger partial charge in [0.05, 0.1) is 14.2 Å². The first kappa shape index (κ1) is 23.9. The number of benzene rings is 3. The maximum Gasteiger partial charge on any atom is 0.254 e. The zero-order valence-corrected chi connectivity index (χ0v) is 19.5. The predicted molar refractivity (Wildman–Crippen MR) is 130 cm³/mol. The molecule has 1 N–H and O–H groups in total. The molecule has 0 aliphatic heterocycles. The van der Waals surface area contributed by atoms with Crippen LogP contribution in [0.2, 0.25) is 0 Å². The fraction of sp³-hybridized carbons (Fsp3) is 0.259. The number of hydrogen-bond donors (Lipinski definition) is 1. The first-order valence-corrected chi connectivity index (χ1v) is 10.8. The van der Waals surface area contributed by atoms with Gasteiger partial charge in [0.2, 0.25) is 5.91 Å². The molecule has 0 heterocycles. The molecule has 0 aromatic heterocycles. The van der Waals surface area contributed by atoms with Crippen LogP contribution in [0.3, 0.4) is 0 Å². The van der Waals surface area contributed by atoms with Crippen LogP contribution in [-0.2, 0) is 11.3 Å². The van der Waals surface area contributed by atoms with Crippen molar-refractivity contribution in [1.82, 2.24) is 4.90 Å². The highest BCUT2D eigenvalue weighted by Gasteiger charge is 2.21. The maximum absolute atomic E-state index is 13.6. The molecule has 0 aliphatic rings. The number of rotatable bonds is 9. The minimum Gasteiger partial charge on any atom is -0.493 e. The van der Waals surface area contributed by atoms with Gasteiger partial charge in [0.15, 0.2) is 11.5 Å². The molecule has 0 bridgehead atoms. The van der Waals surface area contributed by atoms with Crippen molar-refractivity contribution >= 4 is 17.5 Å². The number of carbonyl (C=O) groups is 2. The quantitative estimate of drug-likeness (QED) is 0.496. The summed E-state index contributed by atoms with van der Waals surface area (Å²) in [6.07, 6.45) is 0. The number of hydrogen-bond acceptors (Lipinski definition) is 4. The van der Waals surface area contributed by atoms with E-state index >= 15 is 0 Å². The van der Waals surface area contributed by atoms with Crippen molar-refractivity contribution in [2.45, 2.75) is 26.3 Å². The molecule has 0 saturated carbocycles. The van der Waals surface area contributed by atoms with Crippen molar-refractivity contribution in [3.05, 3.63) is 89.5 Å². The van der Waals surface area contributed by atoms with Gasteiger partial charge in [-0.2, -0.15) is 0 Å². The zero-order valence-electron chi connectivity index (χ0n) is 19.5. The molecule has 1 atom stereocenters. The number of nitrogens with zero attached hydrogens (tertiary/aromatic N) is 1. The SMILES string of the molecule is COc1ccc(CN(CC(C)c2ccccc2)C(=O)c2cccc(NC(C)=O)c2)cc1OC. The smallest absolute Gasteiger partial charge is 0.254 e. The molecular formula is C27H30N2O4. The van der Waals surface area contributed by atoms with Gasteiger partial charge in [-0.25, -0.2) is 0 Å². The Bertz CT molecular complexity index is 1100. The Labute approximate surface area is 195 Å². The van der Waals surface area contributed by atoms with Crippen LogP contribution in [0.4, 0.5) is 5.69 Å². The number of ether oxygens (including phenoxy) is 2. The number of nitrogens with one attached hydrogen (secondary N) is 1. The summed E-state index contributed by atoms with van der Waals surface area (Å²) in [6, 6.07) is 22.8. The first-order valence-electron chi connectivity index (χ1n) is 10.8. The Morgan fingerprint density at radius 3 is 2.30 bits per heavy atom. The molecule has 3 rings (SSSR count). The van der Waals surface area contributed by atoms with Crippen molar-refractivity contribution < 1.29 is 19.1 Å². The van der Waals surface area contributed by atoms with Crippen LogP contribution < -0.4 is 14.8 Å². The van der Waals surface area contributed by atoms with E-state index in [1.165, 1.54) is 6.92 Å². The van der Waals surface area contributed by atoms with Crippen molar-refractivity contribution in [3.8, 4) is 11.5 Å². The number of carbonyl (C=O) groups excluding carboxylic acids is 2. The van der Waals surface area contributed by atoms with Crippen LogP contribution in [0.1, 0.15) is 41.3 Å². The van der Waals surface area contributed by atoms with Crippen LogP contribution in [0.15, 0.2) is 72.8 Å². The van der Waals surface area contributed by atoms with Crippen LogP contribution >= 0.6 is 0 Å². The predicted octanol–water partition coefficient (Wildman–Crippen LogP) is 5.11. The first-order chi connectivity index (χ1) is 15.9. The lowest BCUT2D eigenvalue weighted by Crippen LogP contribution is -2.34. The van der Waals surface area contributed by atoms with E-state index in [0.717, 1.165) is 11.1 Å². The minimum absolute atomic E-state index is 0.111. The highest BCUT2D eigenvalue weighted by atomic mass is 16.5. The molecule has 0 spiro atoms. The molecule has 0 fully saturated rings. The van der Waals surface area contributed by atoms with Gasteiger partial charge in [0.25, 0.3) is 5.91 Å². The second-order valence-corrected chi connectivity index (χ2v) is 7.95. The normalized spacial score (nSPS) is 11.4. The summed E-state index contributed by atoms with van der Waals surface area (Å²) >= 11 is 0. The summed E-state index contributed by atoms with van der Waals surface area (Å²) in [4.78, 5) is 26.9. The van der Waals surface area contributed by atoms with E-state index in [-0.39, 0.29) is 17.7 Å². The Balaban J connectivity index is 1.91. The van der Waals surface area contributed by atoms with Gasteiger partial charge in [-0.1, -0.05) is 49.4 Å². The average Bonchev–Trinajstić information content (AvgIpc) is 2.83. The van der Waals surface area contributed by atoms with E-state index in [1.54, 1.807) is 38.5 Å². The van der Waals surface area contributed by atoms with Gasteiger partial charge in [0, 0.05) is 31.3 Å². The lowest BCUT2D eigenvalue weighted by molar-refractivity contribution is -0.114. The monoisotopic (exact) mass is 446 g/mol. The maximum atomic E-state index is 13.6. The lowest BCUT2D eigenvalue weighted by atomic mass is 10.00. The molecule has 3 aromatic rings. The summed E-state index contributed by atoms with van der Waals surface area (Å²) in [7, 11) is 3.19. The van der Waals surface area contributed by atoms with Crippen LogP contribution in [0, 0.1) is 0 Å². The second kappa shape index (κ2) is 11.2. The Hall–Kier alpha value is -3.80. The molecule has 2 amide bonds. The molecule has 1 unspecified atom stereocenters. The number of methoxy groups -OCH3 is 2. The molecule has 6 heteroatoms.